The highest BCUT2D eigenvalue weighted by Crippen LogP contribution is 2.27. The molecule has 0 spiro atoms. The minimum absolute atomic E-state index is 0.0936. The summed E-state index contributed by atoms with van der Waals surface area (Å²) in [5, 5.41) is 0. The fourth-order valence-electron chi connectivity index (χ4n) is 4.03. The Balaban J connectivity index is 1.31. The summed E-state index contributed by atoms with van der Waals surface area (Å²) in [5.74, 6) is 0.957. The maximum Gasteiger partial charge on any atom is 0.289 e. The number of benzene rings is 1. The molecule has 2 aliphatic heterocycles. The van der Waals surface area contributed by atoms with Crippen LogP contribution in [0.3, 0.4) is 0 Å². The number of carbonyl (C=O) groups excluding carboxylic acids is 1. The number of nitrogens with zero attached hydrogens (tertiary/aromatic N) is 3. The van der Waals surface area contributed by atoms with E-state index in [4.69, 9.17) is 9.15 Å². The monoisotopic (exact) mass is 447 g/mol. The molecule has 31 heavy (non-hydrogen) atoms. The van der Waals surface area contributed by atoms with Crippen LogP contribution in [0.5, 0.6) is 5.75 Å². The van der Waals surface area contributed by atoms with Crippen molar-refractivity contribution in [1.82, 2.24) is 14.1 Å². The van der Waals surface area contributed by atoms with Gasteiger partial charge in [0.2, 0.25) is 10.0 Å². The summed E-state index contributed by atoms with van der Waals surface area (Å²) in [6.07, 6.45) is 1.73. The van der Waals surface area contributed by atoms with E-state index in [-0.39, 0.29) is 22.3 Å². The average molecular weight is 448 g/mol. The van der Waals surface area contributed by atoms with Crippen molar-refractivity contribution in [3.05, 3.63) is 47.9 Å². The highest BCUT2D eigenvalue weighted by atomic mass is 32.2. The van der Waals surface area contributed by atoms with Gasteiger partial charge >= 0.3 is 0 Å². The van der Waals surface area contributed by atoms with Gasteiger partial charge in [0.25, 0.3) is 5.91 Å². The van der Waals surface area contributed by atoms with Crippen LogP contribution in [0, 0.1) is 6.92 Å². The van der Waals surface area contributed by atoms with Gasteiger partial charge < -0.3 is 14.1 Å². The van der Waals surface area contributed by atoms with Gasteiger partial charge in [-0.1, -0.05) is 18.2 Å². The molecule has 0 aliphatic carbocycles. The minimum Gasteiger partial charge on any atom is -0.492 e. The summed E-state index contributed by atoms with van der Waals surface area (Å²) >= 11 is 0. The Morgan fingerprint density at radius 1 is 1.03 bits per heavy atom. The number of rotatable bonds is 7. The first kappa shape index (κ1) is 21.9. The van der Waals surface area contributed by atoms with E-state index in [9.17, 15) is 13.2 Å². The van der Waals surface area contributed by atoms with Gasteiger partial charge in [-0.05, 0) is 31.9 Å². The summed E-state index contributed by atoms with van der Waals surface area (Å²) in [5.41, 5.74) is 0. The lowest BCUT2D eigenvalue weighted by Crippen LogP contribution is -2.49. The molecule has 0 radical (unpaired) electrons. The predicted octanol–water partition coefficient (Wildman–Crippen LogP) is 2.21. The molecule has 1 aromatic carbocycles. The summed E-state index contributed by atoms with van der Waals surface area (Å²) in [4.78, 5) is 17.0. The lowest BCUT2D eigenvalue weighted by Gasteiger charge is -2.34. The molecule has 2 aromatic rings. The molecule has 0 N–H and O–H groups in total. The van der Waals surface area contributed by atoms with Crippen LogP contribution in [0.25, 0.3) is 0 Å². The molecular formula is C22H29N3O5S. The van der Waals surface area contributed by atoms with Crippen molar-refractivity contribution in [3.63, 3.8) is 0 Å². The SMILES string of the molecule is Cc1oc(C(=O)N2CCN(CCOc3ccccc3)CC2)cc1S(=O)(=O)N1CCCC1. The summed E-state index contributed by atoms with van der Waals surface area (Å²) < 4.78 is 38.5. The number of furan rings is 1. The molecule has 0 saturated carbocycles. The van der Waals surface area contributed by atoms with Crippen molar-refractivity contribution in [1.29, 1.82) is 0 Å². The summed E-state index contributed by atoms with van der Waals surface area (Å²) in [7, 11) is -3.61. The van der Waals surface area contributed by atoms with Crippen LogP contribution < -0.4 is 4.74 Å². The molecule has 1 aromatic heterocycles. The predicted molar refractivity (Wildman–Crippen MR) is 116 cm³/mol. The van der Waals surface area contributed by atoms with Crippen molar-refractivity contribution in [2.75, 3.05) is 52.4 Å². The second kappa shape index (κ2) is 9.42. The molecule has 0 unspecified atom stereocenters. The zero-order valence-electron chi connectivity index (χ0n) is 17.8. The Hall–Kier alpha value is -2.36. The van der Waals surface area contributed by atoms with Crippen molar-refractivity contribution in [3.8, 4) is 5.75 Å². The number of aryl methyl sites for hydroxylation is 1. The van der Waals surface area contributed by atoms with Crippen LogP contribution >= 0.6 is 0 Å². The first-order valence-corrected chi connectivity index (χ1v) is 12.2. The van der Waals surface area contributed by atoms with Gasteiger partial charge in [0.15, 0.2) is 5.76 Å². The Labute approximate surface area is 183 Å². The van der Waals surface area contributed by atoms with Gasteiger partial charge in [-0.15, -0.1) is 0 Å². The van der Waals surface area contributed by atoms with Gasteiger partial charge in [0.05, 0.1) is 0 Å². The third kappa shape index (κ3) is 4.94. The molecule has 4 rings (SSSR count). The normalized spacial score (nSPS) is 18.4. The van der Waals surface area contributed by atoms with E-state index in [0.29, 0.717) is 32.8 Å². The minimum atomic E-state index is -3.61. The van der Waals surface area contributed by atoms with Crippen LogP contribution in [0.4, 0.5) is 0 Å². The van der Waals surface area contributed by atoms with E-state index < -0.39 is 10.0 Å². The summed E-state index contributed by atoms with van der Waals surface area (Å²) in [6, 6.07) is 11.1. The van der Waals surface area contributed by atoms with E-state index in [2.05, 4.69) is 4.90 Å². The van der Waals surface area contributed by atoms with Crippen LogP contribution in [0.15, 0.2) is 45.7 Å². The van der Waals surface area contributed by atoms with E-state index in [1.165, 1.54) is 10.4 Å². The number of carbonyl (C=O) groups is 1. The third-order valence-electron chi connectivity index (χ3n) is 5.84. The zero-order valence-corrected chi connectivity index (χ0v) is 18.6. The molecule has 3 heterocycles. The lowest BCUT2D eigenvalue weighted by molar-refractivity contribution is 0.0589. The summed E-state index contributed by atoms with van der Waals surface area (Å²) in [6.45, 7) is 6.63. The fourth-order valence-corrected chi connectivity index (χ4v) is 5.71. The molecule has 2 saturated heterocycles. The highest BCUT2D eigenvalue weighted by Gasteiger charge is 2.33. The third-order valence-corrected chi connectivity index (χ3v) is 7.85. The van der Waals surface area contributed by atoms with Crippen LogP contribution in [-0.4, -0.2) is 80.9 Å². The Morgan fingerprint density at radius 2 is 1.71 bits per heavy atom. The van der Waals surface area contributed by atoms with Crippen molar-refractivity contribution in [2.45, 2.75) is 24.7 Å². The number of hydrogen-bond acceptors (Lipinski definition) is 6. The molecule has 0 bridgehead atoms. The molecular weight excluding hydrogens is 418 g/mol. The molecule has 2 aliphatic rings. The number of hydrogen-bond donors (Lipinski definition) is 0. The van der Waals surface area contributed by atoms with Gasteiger partial charge in [0.1, 0.15) is 23.0 Å². The largest absolute Gasteiger partial charge is 0.492 e. The smallest absolute Gasteiger partial charge is 0.289 e. The Bertz CT molecular complexity index is 991. The lowest BCUT2D eigenvalue weighted by atomic mass is 10.3. The van der Waals surface area contributed by atoms with E-state index in [0.717, 1.165) is 38.2 Å². The highest BCUT2D eigenvalue weighted by molar-refractivity contribution is 7.89. The second-order valence-corrected chi connectivity index (χ2v) is 9.84. The first-order valence-electron chi connectivity index (χ1n) is 10.8. The Morgan fingerprint density at radius 3 is 2.39 bits per heavy atom. The van der Waals surface area contributed by atoms with Crippen LogP contribution in [-0.2, 0) is 10.0 Å². The standard InChI is InChI=1S/C22H29N3O5S/c1-18-21(31(27,28)25-9-5-6-10-25)17-20(30-18)22(26)24-13-11-23(12-14-24)15-16-29-19-7-3-2-4-8-19/h2-4,7-8,17H,5-6,9-16H2,1H3. The maximum atomic E-state index is 12.9. The fraction of sp³-hybridized carbons (Fsp3) is 0.500. The number of ether oxygens (including phenoxy) is 1. The number of piperazine rings is 1. The number of amides is 1. The van der Waals surface area contributed by atoms with Crippen molar-refractivity contribution < 1.29 is 22.4 Å². The zero-order chi connectivity index (χ0) is 21.8. The van der Waals surface area contributed by atoms with Crippen LogP contribution in [0.2, 0.25) is 0 Å². The molecule has 8 nitrogen and oxygen atoms in total. The van der Waals surface area contributed by atoms with E-state index in [1.807, 2.05) is 30.3 Å². The van der Waals surface area contributed by atoms with Crippen LogP contribution in [0.1, 0.15) is 29.2 Å². The molecule has 1 amide bonds. The van der Waals surface area contributed by atoms with Gasteiger partial charge in [-0.25, -0.2) is 8.42 Å². The first-order chi connectivity index (χ1) is 14.9. The molecule has 2 fully saturated rings. The van der Waals surface area contributed by atoms with Gasteiger partial charge in [-0.3, -0.25) is 9.69 Å². The quantitative estimate of drug-likeness (QED) is 0.647. The molecule has 0 atom stereocenters. The van der Waals surface area contributed by atoms with E-state index in [1.54, 1.807) is 11.8 Å². The van der Waals surface area contributed by atoms with Gasteiger partial charge in [-0.2, -0.15) is 4.31 Å². The number of para-hydroxylation sites is 1. The van der Waals surface area contributed by atoms with Gasteiger partial charge in [0, 0.05) is 51.9 Å². The average Bonchev–Trinajstić information content (AvgIpc) is 3.45. The molecule has 168 valence electrons. The van der Waals surface area contributed by atoms with Crippen molar-refractivity contribution in [2.24, 2.45) is 0 Å². The number of sulfonamides is 1. The molecule has 9 heteroatoms. The van der Waals surface area contributed by atoms with E-state index >= 15 is 0 Å². The van der Waals surface area contributed by atoms with Crippen molar-refractivity contribution >= 4 is 15.9 Å². The second-order valence-electron chi connectivity index (χ2n) is 7.94. The maximum absolute atomic E-state index is 12.9. The topological polar surface area (TPSA) is 83.3 Å². The Kier molecular flexibility index (Phi) is 6.64.